The molecule has 2 aromatic carbocycles. The molecule has 0 unspecified atom stereocenters. The number of aromatic amines is 1. The van der Waals surface area contributed by atoms with E-state index in [4.69, 9.17) is 4.98 Å². The molecule has 0 radical (unpaired) electrons. The second-order valence-electron chi connectivity index (χ2n) is 7.36. The number of aryl methyl sites for hydroxylation is 1. The van der Waals surface area contributed by atoms with Crippen LogP contribution in [0.15, 0.2) is 53.3 Å². The lowest BCUT2D eigenvalue weighted by molar-refractivity contribution is 0.292. The highest BCUT2D eigenvalue weighted by molar-refractivity contribution is 5.78. The van der Waals surface area contributed by atoms with Gasteiger partial charge in [0.15, 0.2) is 0 Å². The van der Waals surface area contributed by atoms with Gasteiger partial charge in [0, 0.05) is 25.0 Å². The maximum Gasteiger partial charge on any atom is 0.260 e. The van der Waals surface area contributed by atoms with Gasteiger partial charge in [-0.3, -0.25) is 9.78 Å². The number of hydrogen-bond donors (Lipinski definition) is 1. The summed E-state index contributed by atoms with van der Waals surface area (Å²) in [7, 11) is 4.23. The summed E-state index contributed by atoms with van der Waals surface area (Å²) in [6.07, 6.45) is 0. The first-order valence-corrected chi connectivity index (χ1v) is 9.00. The van der Waals surface area contributed by atoms with Crippen LogP contribution in [-0.2, 0) is 0 Å². The van der Waals surface area contributed by atoms with E-state index in [0.717, 1.165) is 18.6 Å². The highest BCUT2D eigenvalue weighted by Gasteiger charge is 2.36. The summed E-state index contributed by atoms with van der Waals surface area (Å²) in [5.41, 5.74) is 3.27. The van der Waals surface area contributed by atoms with Crippen molar-refractivity contribution in [2.24, 2.45) is 0 Å². The van der Waals surface area contributed by atoms with Gasteiger partial charge in [-0.1, -0.05) is 42.0 Å². The highest BCUT2D eigenvalue weighted by Crippen LogP contribution is 2.32. The van der Waals surface area contributed by atoms with Crippen molar-refractivity contribution in [2.45, 2.75) is 18.9 Å². The minimum absolute atomic E-state index is 0.0780. The molecule has 5 nitrogen and oxygen atoms in total. The molecule has 1 saturated heterocycles. The third-order valence-corrected chi connectivity index (χ3v) is 5.36. The lowest BCUT2D eigenvalue weighted by Gasteiger charge is -2.25. The molecule has 0 spiro atoms. The van der Waals surface area contributed by atoms with E-state index in [0.29, 0.717) is 23.3 Å². The van der Waals surface area contributed by atoms with E-state index in [1.807, 2.05) is 24.3 Å². The largest absolute Gasteiger partial charge is 0.340 e. The minimum atomic E-state index is -0.0780. The molecule has 1 aromatic heterocycles. The molecule has 1 fully saturated rings. The number of hydrogen-bond acceptors (Lipinski definition) is 4. The topological polar surface area (TPSA) is 52.2 Å². The van der Waals surface area contributed by atoms with Crippen LogP contribution in [0, 0.1) is 6.92 Å². The molecule has 0 amide bonds. The lowest BCUT2D eigenvalue weighted by Crippen LogP contribution is -2.35. The van der Waals surface area contributed by atoms with E-state index in [-0.39, 0.29) is 5.56 Å². The van der Waals surface area contributed by atoms with E-state index in [2.05, 4.69) is 60.1 Å². The zero-order chi connectivity index (χ0) is 18.3. The van der Waals surface area contributed by atoms with Gasteiger partial charge >= 0.3 is 0 Å². The Bertz CT molecular complexity index is 977. The zero-order valence-electron chi connectivity index (χ0n) is 15.4. The van der Waals surface area contributed by atoms with Crippen molar-refractivity contribution in [3.8, 4) is 0 Å². The maximum absolute atomic E-state index is 12.4. The molecule has 5 heteroatoms. The van der Waals surface area contributed by atoms with E-state index in [1.165, 1.54) is 11.1 Å². The standard InChI is InChI=1S/C21H24N4O/c1-14-8-10-15(11-9-14)17-12-25(13-19(17)24(2)3)21-22-18-7-5-4-6-16(18)20(26)23-21/h4-11,17,19H,12-13H2,1-3H3,(H,22,23,26)/t17-,19-/m0/s1. The van der Waals surface area contributed by atoms with Gasteiger partial charge in [-0.05, 0) is 38.7 Å². The van der Waals surface area contributed by atoms with Crippen LogP contribution in [0.3, 0.4) is 0 Å². The number of nitrogens with one attached hydrogen (secondary N) is 1. The number of aromatic nitrogens is 2. The van der Waals surface area contributed by atoms with Gasteiger partial charge in [0.25, 0.3) is 5.56 Å². The summed E-state index contributed by atoms with van der Waals surface area (Å²) in [6, 6.07) is 16.6. The summed E-state index contributed by atoms with van der Waals surface area (Å²) >= 11 is 0. The first kappa shape index (κ1) is 16.8. The Balaban J connectivity index is 1.70. The minimum Gasteiger partial charge on any atom is -0.340 e. The molecule has 0 bridgehead atoms. The Morgan fingerprint density at radius 3 is 2.54 bits per heavy atom. The Kier molecular flexibility index (Phi) is 4.24. The Labute approximate surface area is 153 Å². The summed E-state index contributed by atoms with van der Waals surface area (Å²) in [4.78, 5) is 24.6. The number of likely N-dealkylation sites (N-methyl/N-ethyl adjacent to an activating group) is 1. The van der Waals surface area contributed by atoms with Gasteiger partial charge in [0.05, 0.1) is 10.9 Å². The van der Waals surface area contributed by atoms with Crippen LogP contribution in [0.4, 0.5) is 5.95 Å². The van der Waals surface area contributed by atoms with Crippen LogP contribution in [0.2, 0.25) is 0 Å². The third-order valence-electron chi connectivity index (χ3n) is 5.36. The van der Waals surface area contributed by atoms with Gasteiger partial charge in [-0.15, -0.1) is 0 Å². The van der Waals surface area contributed by atoms with Crippen molar-refractivity contribution in [1.29, 1.82) is 0 Å². The van der Waals surface area contributed by atoms with Crippen molar-refractivity contribution in [3.05, 3.63) is 70.0 Å². The van der Waals surface area contributed by atoms with Crippen molar-refractivity contribution in [1.82, 2.24) is 14.9 Å². The summed E-state index contributed by atoms with van der Waals surface area (Å²) in [5.74, 6) is 1.04. The fraction of sp³-hybridized carbons (Fsp3) is 0.333. The average molecular weight is 348 g/mol. The molecule has 1 N–H and O–H groups in total. The smallest absolute Gasteiger partial charge is 0.260 e. The van der Waals surface area contributed by atoms with Crippen LogP contribution >= 0.6 is 0 Å². The molecule has 0 saturated carbocycles. The predicted octanol–water partition coefficient (Wildman–Crippen LogP) is 2.77. The van der Waals surface area contributed by atoms with Gasteiger partial charge < -0.3 is 9.80 Å². The number of fused-ring (bicyclic) bond motifs is 1. The molecule has 26 heavy (non-hydrogen) atoms. The van der Waals surface area contributed by atoms with E-state index < -0.39 is 0 Å². The summed E-state index contributed by atoms with van der Waals surface area (Å²) < 4.78 is 0. The van der Waals surface area contributed by atoms with Gasteiger partial charge in [-0.25, -0.2) is 4.98 Å². The average Bonchev–Trinajstić information content (AvgIpc) is 3.08. The van der Waals surface area contributed by atoms with Crippen LogP contribution in [0.5, 0.6) is 0 Å². The highest BCUT2D eigenvalue weighted by atomic mass is 16.1. The monoisotopic (exact) mass is 348 g/mol. The number of rotatable bonds is 3. The van der Waals surface area contributed by atoms with Crippen LogP contribution in [-0.4, -0.2) is 48.1 Å². The molecule has 2 heterocycles. The molecule has 4 rings (SSSR count). The fourth-order valence-electron chi connectivity index (χ4n) is 3.85. The van der Waals surface area contributed by atoms with Gasteiger partial charge in [-0.2, -0.15) is 0 Å². The Morgan fingerprint density at radius 2 is 1.81 bits per heavy atom. The van der Waals surface area contributed by atoms with E-state index in [9.17, 15) is 4.79 Å². The molecule has 0 aliphatic carbocycles. The van der Waals surface area contributed by atoms with E-state index in [1.54, 1.807) is 0 Å². The van der Waals surface area contributed by atoms with Crippen molar-refractivity contribution in [2.75, 3.05) is 32.1 Å². The molecule has 2 atom stereocenters. The number of H-pyrrole nitrogens is 1. The summed E-state index contributed by atoms with van der Waals surface area (Å²) in [6.45, 7) is 3.79. The maximum atomic E-state index is 12.4. The van der Waals surface area contributed by atoms with Crippen LogP contribution in [0.25, 0.3) is 10.9 Å². The predicted molar refractivity (Wildman–Crippen MR) is 106 cm³/mol. The molecule has 3 aromatic rings. The molecule has 1 aliphatic rings. The quantitative estimate of drug-likeness (QED) is 0.791. The van der Waals surface area contributed by atoms with Crippen molar-refractivity contribution >= 4 is 16.9 Å². The Hall–Kier alpha value is -2.66. The molecular weight excluding hydrogens is 324 g/mol. The fourth-order valence-corrected chi connectivity index (χ4v) is 3.85. The molecular formula is C21H24N4O. The number of benzene rings is 2. The number of anilines is 1. The summed E-state index contributed by atoms with van der Waals surface area (Å²) in [5, 5.41) is 0.634. The Morgan fingerprint density at radius 1 is 1.08 bits per heavy atom. The zero-order valence-corrected chi connectivity index (χ0v) is 15.4. The SMILES string of the molecule is Cc1ccc([C@@H]2CN(c3nc4ccccc4c(=O)[nH]3)C[C@@H]2N(C)C)cc1. The second-order valence-corrected chi connectivity index (χ2v) is 7.36. The first-order chi connectivity index (χ1) is 12.5. The number of para-hydroxylation sites is 1. The van der Waals surface area contributed by atoms with Crippen LogP contribution in [0.1, 0.15) is 17.0 Å². The molecule has 1 aliphatic heterocycles. The van der Waals surface area contributed by atoms with E-state index >= 15 is 0 Å². The van der Waals surface area contributed by atoms with Crippen LogP contribution < -0.4 is 10.5 Å². The first-order valence-electron chi connectivity index (χ1n) is 9.00. The number of nitrogens with zero attached hydrogens (tertiary/aromatic N) is 3. The van der Waals surface area contributed by atoms with Crippen molar-refractivity contribution < 1.29 is 0 Å². The van der Waals surface area contributed by atoms with Gasteiger partial charge in [0.2, 0.25) is 5.95 Å². The molecule has 134 valence electrons. The normalized spacial score (nSPS) is 20.2. The third kappa shape index (κ3) is 2.99. The van der Waals surface area contributed by atoms with Crippen molar-refractivity contribution in [3.63, 3.8) is 0 Å². The second kappa shape index (κ2) is 6.57. The van der Waals surface area contributed by atoms with Gasteiger partial charge in [0.1, 0.15) is 0 Å². The lowest BCUT2D eigenvalue weighted by atomic mass is 9.93.